The molecule has 3 nitrogen and oxygen atoms in total. The van der Waals surface area contributed by atoms with Gasteiger partial charge in [-0.1, -0.05) is 36.2 Å². The zero-order valence-electron chi connectivity index (χ0n) is 11.5. The Hall–Kier alpha value is -0.810. The molecule has 1 unspecified atom stereocenters. The van der Waals surface area contributed by atoms with Gasteiger partial charge in [0, 0.05) is 16.2 Å². The van der Waals surface area contributed by atoms with Crippen molar-refractivity contribution in [2.45, 2.75) is 19.4 Å². The monoisotopic (exact) mass is 387 g/mol. The van der Waals surface area contributed by atoms with Crippen molar-refractivity contribution in [3.63, 3.8) is 0 Å². The molecule has 2 rings (SSSR count). The van der Waals surface area contributed by atoms with Gasteiger partial charge in [-0.15, -0.1) is 0 Å². The molecule has 1 atom stereocenters. The Morgan fingerprint density at radius 2 is 2.10 bits per heavy atom. The van der Waals surface area contributed by atoms with Crippen LogP contribution >= 0.6 is 39.1 Å². The number of nitrogens with zero attached hydrogens (tertiary/aromatic N) is 1. The van der Waals surface area contributed by atoms with Gasteiger partial charge in [-0.05, 0) is 52.7 Å². The van der Waals surface area contributed by atoms with E-state index in [4.69, 9.17) is 28.9 Å². The van der Waals surface area contributed by atoms with Crippen LogP contribution in [0.15, 0.2) is 34.9 Å². The van der Waals surface area contributed by atoms with Gasteiger partial charge < -0.3 is 11.1 Å². The summed E-state index contributed by atoms with van der Waals surface area (Å²) in [6.45, 7) is 2.97. The average Bonchev–Trinajstić information content (AvgIpc) is 2.46. The number of hydrogen-bond donors (Lipinski definition) is 2. The van der Waals surface area contributed by atoms with Crippen molar-refractivity contribution < 1.29 is 0 Å². The quantitative estimate of drug-likeness (QED) is 0.771. The maximum atomic E-state index is 6.07. The van der Waals surface area contributed by atoms with E-state index >= 15 is 0 Å². The van der Waals surface area contributed by atoms with E-state index in [1.54, 1.807) is 6.20 Å². The number of nitrogens with one attached hydrogen (secondary N) is 1. The highest BCUT2D eigenvalue weighted by Gasteiger charge is 2.18. The summed E-state index contributed by atoms with van der Waals surface area (Å²) in [5, 5.41) is 4.71. The summed E-state index contributed by atoms with van der Waals surface area (Å²) in [4.78, 5) is 4.14. The lowest BCUT2D eigenvalue weighted by molar-refractivity contribution is 0.598. The summed E-state index contributed by atoms with van der Waals surface area (Å²) < 4.78 is 0.846. The molecule has 0 spiro atoms. The maximum Gasteiger partial charge on any atom is 0.128 e. The second-order valence-electron chi connectivity index (χ2n) is 4.69. The number of nitrogen functional groups attached to an aromatic ring is 1. The fourth-order valence-corrected chi connectivity index (χ4v) is 2.77. The van der Waals surface area contributed by atoms with Gasteiger partial charge in [-0.2, -0.15) is 0 Å². The molecular formula is C15H16BrCl2N3. The van der Waals surface area contributed by atoms with Gasteiger partial charge in [0.15, 0.2) is 0 Å². The van der Waals surface area contributed by atoms with Crippen molar-refractivity contribution in [3.8, 4) is 0 Å². The predicted molar refractivity (Wildman–Crippen MR) is 92.9 cm³/mol. The highest BCUT2D eigenvalue weighted by Crippen LogP contribution is 2.32. The second kappa shape index (κ2) is 7.45. The van der Waals surface area contributed by atoms with Gasteiger partial charge >= 0.3 is 0 Å². The van der Waals surface area contributed by atoms with Crippen molar-refractivity contribution in [3.05, 3.63) is 56.1 Å². The molecule has 0 aliphatic rings. The summed E-state index contributed by atoms with van der Waals surface area (Å²) in [5.41, 5.74) is 7.94. The minimum Gasteiger partial charge on any atom is -0.383 e. The number of hydrogen-bond acceptors (Lipinski definition) is 3. The summed E-state index contributed by atoms with van der Waals surface area (Å²) >= 11 is 15.6. The van der Waals surface area contributed by atoms with Crippen LogP contribution in [-0.4, -0.2) is 11.5 Å². The predicted octanol–water partition coefficient (Wildman–Crippen LogP) is 4.82. The molecule has 2 aromatic rings. The van der Waals surface area contributed by atoms with Gasteiger partial charge in [-0.25, -0.2) is 4.98 Å². The molecule has 1 heterocycles. The van der Waals surface area contributed by atoms with E-state index in [1.807, 2.05) is 24.3 Å². The van der Waals surface area contributed by atoms with Gasteiger partial charge in [0.1, 0.15) is 5.82 Å². The van der Waals surface area contributed by atoms with Crippen LogP contribution in [0.3, 0.4) is 0 Å². The van der Waals surface area contributed by atoms with E-state index < -0.39 is 0 Å². The number of benzene rings is 1. The molecule has 1 aromatic heterocycles. The summed E-state index contributed by atoms with van der Waals surface area (Å²) in [7, 11) is 0. The Morgan fingerprint density at radius 1 is 1.33 bits per heavy atom. The molecule has 21 heavy (non-hydrogen) atoms. The Balaban J connectivity index is 2.46. The fourth-order valence-electron chi connectivity index (χ4n) is 2.08. The van der Waals surface area contributed by atoms with E-state index in [0.29, 0.717) is 15.9 Å². The molecule has 0 saturated heterocycles. The van der Waals surface area contributed by atoms with Crippen LogP contribution in [-0.2, 0) is 0 Å². The largest absolute Gasteiger partial charge is 0.383 e. The molecule has 3 N–H and O–H groups in total. The average molecular weight is 389 g/mol. The molecule has 0 saturated carbocycles. The number of anilines is 1. The van der Waals surface area contributed by atoms with E-state index in [9.17, 15) is 0 Å². The van der Waals surface area contributed by atoms with E-state index in [2.05, 4.69) is 33.2 Å². The number of rotatable bonds is 5. The number of pyridine rings is 1. The number of aromatic nitrogens is 1. The molecule has 0 amide bonds. The molecule has 112 valence electrons. The van der Waals surface area contributed by atoms with Gasteiger partial charge in [0.05, 0.1) is 16.1 Å². The Kier molecular flexibility index (Phi) is 5.88. The normalized spacial score (nSPS) is 12.4. The smallest absolute Gasteiger partial charge is 0.128 e. The van der Waals surface area contributed by atoms with Crippen LogP contribution in [0.5, 0.6) is 0 Å². The highest BCUT2D eigenvalue weighted by atomic mass is 79.9. The first kappa shape index (κ1) is 16.6. The number of halogens is 3. The molecule has 0 aliphatic carbocycles. The van der Waals surface area contributed by atoms with Gasteiger partial charge in [0.2, 0.25) is 0 Å². The second-order valence-corrected chi connectivity index (χ2v) is 6.39. The lowest BCUT2D eigenvalue weighted by atomic mass is 9.99. The Morgan fingerprint density at radius 3 is 2.76 bits per heavy atom. The third-order valence-corrected chi connectivity index (χ3v) is 4.52. The minimum atomic E-state index is -0.0790. The topological polar surface area (TPSA) is 50.9 Å². The van der Waals surface area contributed by atoms with E-state index in [-0.39, 0.29) is 6.04 Å². The van der Waals surface area contributed by atoms with E-state index in [0.717, 1.165) is 28.6 Å². The zero-order valence-corrected chi connectivity index (χ0v) is 14.6. The Bertz CT molecular complexity index is 634. The zero-order chi connectivity index (χ0) is 15.4. The minimum absolute atomic E-state index is 0.0790. The fraction of sp³-hybridized carbons (Fsp3) is 0.267. The first-order chi connectivity index (χ1) is 10.0. The van der Waals surface area contributed by atoms with Crippen molar-refractivity contribution in [1.29, 1.82) is 0 Å². The van der Waals surface area contributed by atoms with Crippen LogP contribution < -0.4 is 11.1 Å². The lowest BCUT2D eigenvalue weighted by Crippen LogP contribution is -2.24. The summed E-state index contributed by atoms with van der Waals surface area (Å²) in [6, 6.07) is 7.58. The molecule has 0 fully saturated rings. The van der Waals surface area contributed by atoms with Crippen LogP contribution in [0.1, 0.15) is 30.5 Å². The van der Waals surface area contributed by atoms with Gasteiger partial charge in [0.25, 0.3) is 0 Å². The van der Waals surface area contributed by atoms with Gasteiger partial charge in [-0.3, -0.25) is 0 Å². The van der Waals surface area contributed by atoms with E-state index in [1.165, 1.54) is 0 Å². The van der Waals surface area contributed by atoms with Crippen LogP contribution in [0.2, 0.25) is 10.0 Å². The molecule has 0 bridgehead atoms. The van der Waals surface area contributed by atoms with Crippen molar-refractivity contribution in [2.24, 2.45) is 0 Å². The maximum absolute atomic E-state index is 6.07. The van der Waals surface area contributed by atoms with Crippen LogP contribution in [0.25, 0.3) is 0 Å². The molecule has 1 aromatic carbocycles. The van der Waals surface area contributed by atoms with Crippen molar-refractivity contribution >= 4 is 44.9 Å². The lowest BCUT2D eigenvalue weighted by Gasteiger charge is -2.21. The van der Waals surface area contributed by atoms with Crippen molar-refractivity contribution in [2.75, 3.05) is 12.3 Å². The molecule has 6 heteroatoms. The standard InChI is InChI=1S/C15H16BrCl2N3/c1-2-5-20-14(9-3-4-13(18)12(16)6-9)11-7-10(17)8-21-15(11)19/h3-4,6-8,14,20H,2,5H2,1H3,(H2,19,21). The highest BCUT2D eigenvalue weighted by molar-refractivity contribution is 9.10. The Labute approximate surface area is 143 Å². The summed E-state index contributed by atoms with van der Waals surface area (Å²) in [6.07, 6.45) is 2.56. The van der Waals surface area contributed by atoms with Crippen LogP contribution in [0, 0.1) is 0 Å². The van der Waals surface area contributed by atoms with Crippen LogP contribution in [0.4, 0.5) is 5.82 Å². The first-order valence-electron chi connectivity index (χ1n) is 6.62. The summed E-state index contributed by atoms with van der Waals surface area (Å²) in [5.74, 6) is 0.471. The third kappa shape index (κ3) is 4.10. The molecule has 0 radical (unpaired) electrons. The third-order valence-electron chi connectivity index (χ3n) is 3.10. The molecular weight excluding hydrogens is 373 g/mol. The number of nitrogens with two attached hydrogens (primary N) is 1. The van der Waals surface area contributed by atoms with Crippen molar-refractivity contribution in [1.82, 2.24) is 10.3 Å². The first-order valence-corrected chi connectivity index (χ1v) is 8.17. The SMILES string of the molecule is CCCNC(c1ccc(Cl)c(Br)c1)c1cc(Cl)cnc1N. The molecule has 0 aliphatic heterocycles.